The molecule has 0 radical (unpaired) electrons. The largest absolute Gasteiger partial charge is 0.326 e. The molecule has 4 heterocycles. The van der Waals surface area contributed by atoms with Gasteiger partial charge in [-0.1, -0.05) is 12.8 Å². The average Bonchev–Trinajstić information content (AvgIpc) is 3.30. The molecule has 2 aromatic heterocycles. The zero-order chi connectivity index (χ0) is 17.5. The Morgan fingerprint density at radius 3 is 2.85 bits per heavy atom. The van der Waals surface area contributed by atoms with Crippen molar-refractivity contribution in [3.63, 3.8) is 0 Å². The number of hydrogen-bond donors (Lipinski definition) is 0. The fraction of sp³-hybridized carbons (Fsp3) is 0.500. The van der Waals surface area contributed by atoms with E-state index in [2.05, 4.69) is 19.9 Å². The van der Waals surface area contributed by atoms with Crippen LogP contribution in [0.5, 0.6) is 0 Å². The van der Waals surface area contributed by atoms with Crippen molar-refractivity contribution < 1.29 is 4.79 Å². The number of fused-ring (bicyclic) bond motifs is 2. The van der Waals surface area contributed by atoms with Crippen molar-refractivity contribution in [2.24, 2.45) is 5.92 Å². The molecule has 1 saturated carbocycles. The lowest BCUT2D eigenvalue weighted by Crippen LogP contribution is -2.48. The van der Waals surface area contributed by atoms with E-state index in [4.69, 9.17) is 0 Å². The van der Waals surface area contributed by atoms with Crippen molar-refractivity contribution in [3.8, 4) is 0 Å². The highest BCUT2D eigenvalue weighted by atomic mass is 16.2. The van der Waals surface area contributed by atoms with E-state index in [9.17, 15) is 4.79 Å². The highest BCUT2D eigenvalue weighted by Gasteiger charge is 2.48. The predicted molar refractivity (Wildman–Crippen MR) is 99.0 cm³/mol. The first-order valence-electron chi connectivity index (χ1n) is 9.62. The second-order valence-electron chi connectivity index (χ2n) is 7.56. The first-order valence-corrected chi connectivity index (χ1v) is 9.62. The molecule has 1 saturated heterocycles. The van der Waals surface area contributed by atoms with E-state index in [-0.39, 0.29) is 11.9 Å². The number of carbonyl (C=O) groups excluding carboxylic acids is 1. The smallest absolute Gasteiger partial charge is 0.249 e. The van der Waals surface area contributed by atoms with Crippen molar-refractivity contribution >= 4 is 17.5 Å². The van der Waals surface area contributed by atoms with Crippen molar-refractivity contribution in [2.75, 3.05) is 16.3 Å². The van der Waals surface area contributed by atoms with Gasteiger partial charge in [0.15, 0.2) is 0 Å². The van der Waals surface area contributed by atoms with Gasteiger partial charge in [-0.25, -0.2) is 9.97 Å². The summed E-state index contributed by atoms with van der Waals surface area (Å²) in [5, 5.41) is 0. The number of rotatable bonds is 2. The van der Waals surface area contributed by atoms with Crippen LogP contribution >= 0.6 is 0 Å². The minimum Gasteiger partial charge on any atom is -0.326 e. The third kappa shape index (κ3) is 2.47. The van der Waals surface area contributed by atoms with Crippen LogP contribution < -0.4 is 9.80 Å². The average molecular weight is 349 g/mol. The molecule has 2 fully saturated rings. The lowest BCUT2D eigenvalue weighted by Gasteiger charge is -2.34. The summed E-state index contributed by atoms with van der Waals surface area (Å²) < 4.78 is 0. The summed E-state index contributed by atoms with van der Waals surface area (Å²) >= 11 is 0. The number of amides is 1. The summed E-state index contributed by atoms with van der Waals surface area (Å²) in [5.74, 6) is 1.47. The number of nitrogens with zero attached hydrogens (tertiary/aromatic N) is 5. The zero-order valence-corrected chi connectivity index (χ0v) is 14.8. The zero-order valence-electron chi connectivity index (χ0n) is 14.8. The first kappa shape index (κ1) is 15.7. The molecule has 0 aromatic carbocycles. The number of aromatic nitrogens is 3. The maximum absolute atomic E-state index is 13.5. The Bertz CT molecular complexity index is 811. The van der Waals surface area contributed by atoms with Crippen LogP contribution in [0.2, 0.25) is 0 Å². The van der Waals surface area contributed by atoms with Gasteiger partial charge < -0.3 is 9.80 Å². The molecule has 0 N–H and O–H groups in total. The van der Waals surface area contributed by atoms with E-state index in [1.807, 2.05) is 23.2 Å². The Morgan fingerprint density at radius 1 is 1.12 bits per heavy atom. The van der Waals surface area contributed by atoms with Crippen molar-refractivity contribution in [3.05, 3.63) is 42.5 Å². The first-order chi connectivity index (χ1) is 12.8. The van der Waals surface area contributed by atoms with E-state index < -0.39 is 0 Å². The van der Waals surface area contributed by atoms with Gasteiger partial charge in [-0.15, -0.1) is 0 Å². The summed E-state index contributed by atoms with van der Waals surface area (Å²) in [4.78, 5) is 30.9. The second kappa shape index (κ2) is 6.34. The molecule has 3 aliphatic rings. The molecule has 0 spiro atoms. The van der Waals surface area contributed by atoms with Gasteiger partial charge in [0.2, 0.25) is 11.9 Å². The number of hydrogen-bond acceptors (Lipinski definition) is 5. The molecule has 6 heteroatoms. The fourth-order valence-corrected chi connectivity index (χ4v) is 5.03. The van der Waals surface area contributed by atoms with E-state index >= 15 is 0 Å². The van der Waals surface area contributed by atoms with Crippen LogP contribution in [0, 0.1) is 5.92 Å². The SMILES string of the molecule is O=C(C1CC2CCCCC2N1c1ncccn1)N1CCc2cnccc21. The molecule has 1 aliphatic carbocycles. The summed E-state index contributed by atoms with van der Waals surface area (Å²) in [6, 6.07) is 4.02. The number of anilines is 2. The van der Waals surface area contributed by atoms with Gasteiger partial charge in [-0.05, 0) is 49.3 Å². The standard InChI is InChI=1S/C20H23N5O/c26-19(24-11-7-15-13-21-10-6-16(15)24)18-12-14-4-1-2-5-17(14)25(18)20-22-8-3-9-23-20/h3,6,8-10,13-14,17-18H,1-2,4-5,7,11-12H2. The van der Waals surface area contributed by atoms with Gasteiger partial charge in [0.25, 0.3) is 0 Å². The third-order valence-corrected chi connectivity index (χ3v) is 6.20. The quantitative estimate of drug-likeness (QED) is 0.834. The molecule has 2 aliphatic heterocycles. The van der Waals surface area contributed by atoms with E-state index in [0.717, 1.165) is 31.5 Å². The molecular weight excluding hydrogens is 326 g/mol. The summed E-state index contributed by atoms with van der Waals surface area (Å²) in [5.41, 5.74) is 2.19. The molecule has 6 nitrogen and oxygen atoms in total. The van der Waals surface area contributed by atoms with Gasteiger partial charge >= 0.3 is 0 Å². The molecule has 1 amide bonds. The second-order valence-corrected chi connectivity index (χ2v) is 7.56. The highest BCUT2D eigenvalue weighted by molar-refractivity contribution is 6.00. The molecule has 0 bridgehead atoms. The van der Waals surface area contributed by atoms with E-state index in [0.29, 0.717) is 17.9 Å². The van der Waals surface area contributed by atoms with Crippen LogP contribution in [0.25, 0.3) is 0 Å². The highest BCUT2D eigenvalue weighted by Crippen LogP contribution is 2.42. The molecule has 2 aromatic rings. The summed E-state index contributed by atoms with van der Waals surface area (Å²) in [7, 11) is 0. The summed E-state index contributed by atoms with van der Waals surface area (Å²) in [6.07, 6.45) is 13.8. The van der Waals surface area contributed by atoms with Gasteiger partial charge in [0.05, 0.1) is 5.69 Å². The van der Waals surface area contributed by atoms with Crippen molar-refractivity contribution in [1.82, 2.24) is 15.0 Å². The molecule has 3 unspecified atom stereocenters. The molecule has 134 valence electrons. The molecule has 5 rings (SSSR count). The monoisotopic (exact) mass is 349 g/mol. The lowest BCUT2D eigenvalue weighted by atomic mass is 9.84. The topological polar surface area (TPSA) is 62.2 Å². The fourth-order valence-electron chi connectivity index (χ4n) is 5.03. The Kier molecular flexibility index (Phi) is 3.84. The Hall–Kier alpha value is -2.50. The van der Waals surface area contributed by atoms with E-state index in [1.165, 1.54) is 24.8 Å². The van der Waals surface area contributed by atoms with Gasteiger partial charge in [-0.3, -0.25) is 9.78 Å². The lowest BCUT2D eigenvalue weighted by molar-refractivity contribution is -0.119. The van der Waals surface area contributed by atoms with Gasteiger partial charge in [0.1, 0.15) is 6.04 Å². The maximum atomic E-state index is 13.5. The van der Waals surface area contributed by atoms with Crippen LogP contribution in [0.1, 0.15) is 37.7 Å². The minimum absolute atomic E-state index is 0.162. The number of carbonyl (C=O) groups is 1. The van der Waals surface area contributed by atoms with Crippen LogP contribution in [-0.2, 0) is 11.2 Å². The van der Waals surface area contributed by atoms with Crippen molar-refractivity contribution in [1.29, 1.82) is 0 Å². The van der Waals surface area contributed by atoms with Crippen LogP contribution in [-0.4, -0.2) is 39.5 Å². The summed E-state index contributed by atoms with van der Waals surface area (Å²) in [6.45, 7) is 0.745. The van der Waals surface area contributed by atoms with Crippen molar-refractivity contribution in [2.45, 2.75) is 50.6 Å². The van der Waals surface area contributed by atoms with Gasteiger partial charge in [0, 0.05) is 37.4 Å². The molecular formula is C20H23N5O. The maximum Gasteiger partial charge on any atom is 0.249 e. The third-order valence-electron chi connectivity index (χ3n) is 6.20. The number of pyridine rings is 1. The Balaban J connectivity index is 1.49. The Morgan fingerprint density at radius 2 is 1.96 bits per heavy atom. The van der Waals surface area contributed by atoms with Gasteiger partial charge in [-0.2, -0.15) is 0 Å². The van der Waals surface area contributed by atoms with Crippen LogP contribution in [0.15, 0.2) is 36.9 Å². The van der Waals surface area contributed by atoms with Crippen LogP contribution in [0.4, 0.5) is 11.6 Å². The molecule has 3 atom stereocenters. The van der Waals surface area contributed by atoms with E-state index in [1.54, 1.807) is 18.6 Å². The predicted octanol–water partition coefficient (Wildman–Crippen LogP) is 2.60. The molecule has 26 heavy (non-hydrogen) atoms. The van der Waals surface area contributed by atoms with Crippen LogP contribution in [0.3, 0.4) is 0 Å². The normalized spacial score (nSPS) is 27.3. The Labute approximate surface area is 153 Å². The minimum atomic E-state index is -0.162.